The SMILES string of the molecule is CC(CF)NCc1ccc(C2=NOC(c3nc(-c4ccc(S(=O)(=O)[C@@H]5CCOC5)cc4)cnc3N)C2)cc1. The van der Waals surface area contributed by atoms with E-state index in [1.54, 1.807) is 37.4 Å². The molecule has 0 spiro atoms. The van der Waals surface area contributed by atoms with Crippen LogP contribution in [0.15, 0.2) is 64.8 Å². The van der Waals surface area contributed by atoms with Gasteiger partial charge < -0.3 is 20.6 Å². The van der Waals surface area contributed by atoms with E-state index in [0.29, 0.717) is 42.9 Å². The first-order chi connectivity index (χ1) is 18.3. The number of anilines is 1. The summed E-state index contributed by atoms with van der Waals surface area (Å²) in [6.07, 6.45) is 2.04. The van der Waals surface area contributed by atoms with Gasteiger partial charge in [-0.15, -0.1) is 0 Å². The summed E-state index contributed by atoms with van der Waals surface area (Å²) < 4.78 is 43.6. The lowest BCUT2D eigenvalue weighted by molar-refractivity contribution is 0.0830. The van der Waals surface area contributed by atoms with Crippen molar-refractivity contribution in [1.82, 2.24) is 15.3 Å². The van der Waals surface area contributed by atoms with Crippen LogP contribution in [0.25, 0.3) is 11.3 Å². The van der Waals surface area contributed by atoms with Crippen molar-refractivity contribution >= 4 is 21.4 Å². The number of oxime groups is 1. The highest BCUT2D eigenvalue weighted by atomic mass is 32.2. The molecule has 200 valence electrons. The highest BCUT2D eigenvalue weighted by molar-refractivity contribution is 7.92. The molecule has 3 aromatic rings. The predicted octanol–water partition coefficient (Wildman–Crippen LogP) is 3.60. The number of benzene rings is 2. The number of hydrogen-bond donors (Lipinski definition) is 2. The van der Waals surface area contributed by atoms with Crippen molar-refractivity contribution in [2.75, 3.05) is 25.6 Å². The van der Waals surface area contributed by atoms with Gasteiger partial charge in [0.05, 0.1) is 34.4 Å². The largest absolute Gasteiger partial charge is 0.385 e. The van der Waals surface area contributed by atoms with Gasteiger partial charge in [-0.25, -0.2) is 22.8 Å². The first kappa shape index (κ1) is 26.2. The molecule has 1 aromatic heterocycles. The van der Waals surface area contributed by atoms with Crippen LogP contribution < -0.4 is 11.1 Å². The van der Waals surface area contributed by atoms with Gasteiger partial charge in [-0.3, -0.25) is 0 Å². The molecule has 1 fully saturated rings. The quantitative estimate of drug-likeness (QED) is 0.422. The summed E-state index contributed by atoms with van der Waals surface area (Å²) in [6.45, 7) is 2.66. The molecule has 0 saturated carbocycles. The second-order valence-corrected chi connectivity index (χ2v) is 11.8. The summed E-state index contributed by atoms with van der Waals surface area (Å²) in [4.78, 5) is 14.9. The lowest BCUT2D eigenvalue weighted by Gasteiger charge is -2.13. The number of nitrogens with zero attached hydrogens (tertiary/aromatic N) is 3. The van der Waals surface area contributed by atoms with Crippen LogP contribution in [-0.2, 0) is 26.0 Å². The van der Waals surface area contributed by atoms with E-state index in [-0.39, 0.29) is 23.4 Å². The van der Waals surface area contributed by atoms with Crippen molar-refractivity contribution in [3.8, 4) is 11.3 Å². The first-order valence-electron chi connectivity index (χ1n) is 12.5. The van der Waals surface area contributed by atoms with Crippen LogP contribution in [0.2, 0.25) is 0 Å². The molecule has 38 heavy (non-hydrogen) atoms. The summed E-state index contributed by atoms with van der Waals surface area (Å²) in [5, 5.41) is 6.86. The molecule has 2 aromatic carbocycles. The highest BCUT2D eigenvalue weighted by Crippen LogP contribution is 2.33. The minimum atomic E-state index is -3.44. The van der Waals surface area contributed by atoms with Gasteiger partial charge in [0.1, 0.15) is 18.2 Å². The number of sulfone groups is 1. The fourth-order valence-electron chi connectivity index (χ4n) is 4.41. The third-order valence-corrected chi connectivity index (χ3v) is 8.96. The number of nitrogen functional groups attached to an aromatic ring is 1. The van der Waals surface area contributed by atoms with Gasteiger partial charge >= 0.3 is 0 Å². The molecule has 3 atom stereocenters. The first-order valence-corrected chi connectivity index (χ1v) is 14.1. The van der Waals surface area contributed by atoms with Gasteiger partial charge in [-0.05, 0) is 36.6 Å². The summed E-state index contributed by atoms with van der Waals surface area (Å²) in [5.41, 5.74) is 10.6. The van der Waals surface area contributed by atoms with Crippen molar-refractivity contribution in [3.63, 3.8) is 0 Å². The van der Waals surface area contributed by atoms with E-state index in [4.69, 9.17) is 20.3 Å². The number of alkyl halides is 1. The topological polar surface area (TPSA) is 129 Å². The number of ether oxygens (including phenoxy) is 1. The molecular formula is C27H30FN5O4S. The van der Waals surface area contributed by atoms with E-state index in [0.717, 1.165) is 16.8 Å². The number of rotatable bonds is 9. The third-order valence-electron chi connectivity index (χ3n) is 6.78. The summed E-state index contributed by atoms with van der Waals surface area (Å²) >= 11 is 0. The van der Waals surface area contributed by atoms with E-state index in [9.17, 15) is 12.8 Å². The van der Waals surface area contributed by atoms with Crippen LogP contribution in [0, 0.1) is 0 Å². The summed E-state index contributed by atoms with van der Waals surface area (Å²) in [5.74, 6) is 0.249. The molecule has 5 rings (SSSR count). The molecule has 3 N–H and O–H groups in total. The van der Waals surface area contributed by atoms with Crippen LogP contribution in [0.5, 0.6) is 0 Å². The Kier molecular flexibility index (Phi) is 7.68. The Balaban J connectivity index is 1.28. The Hall–Kier alpha value is -3.41. The Morgan fingerprint density at radius 3 is 2.55 bits per heavy atom. The zero-order chi connectivity index (χ0) is 26.7. The molecule has 0 bridgehead atoms. The molecule has 2 aliphatic rings. The number of aromatic nitrogens is 2. The normalized spacial score (nSPS) is 20.2. The van der Waals surface area contributed by atoms with Gasteiger partial charge in [-0.2, -0.15) is 0 Å². The smallest absolute Gasteiger partial charge is 0.183 e. The average molecular weight is 540 g/mol. The molecule has 2 unspecified atom stereocenters. The molecule has 2 aliphatic heterocycles. The molecular weight excluding hydrogens is 509 g/mol. The van der Waals surface area contributed by atoms with Gasteiger partial charge in [0.2, 0.25) is 0 Å². The zero-order valence-corrected chi connectivity index (χ0v) is 21.8. The van der Waals surface area contributed by atoms with E-state index >= 15 is 0 Å². The van der Waals surface area contributed by atoms with Crippen molar-refractivity contribution < 1.29 is 22.4 Å². The Morgan fingerprint density at radius 1 is 1.13 bits per heavy atom. The van der Waals surface area contributed by atoms with Crippen LogP contribution in [0.3, 0.4) is 0 Å². The summed E-state index contributed by atoms with van der Waals surface area (Å²) in [7, 11) is -3.44. The van der Waals surface area contributed by atoms with E-state index in [1.807, 2.05) is 24.3 Å². The fourth-order valence-corrected chi connectivity index (χ4v) is 5.99. The molecule has 0 aliphatic carbocycles. The van der Waals surface area contributed by atoms with E-state index in [1.165, 1.54) is 0 Å². The Bertz CT molecular complexity index is 1410. The van der Waals surface area contributed by atoms with Crippen LogP contribution in [-0.4, -0.2) is 55.3 Å². The van der Waals surface area contributed by atoms with Gasteiger partial charge in [-0.1, -0.05) is 41.6 Å². The minimum Gasteiger partial charge on any atom is -0.385 e. The third kappa shape index (κ3) is 5.54. The maximum Gasteiger partial charge on any atom is 0.183 e. The Morgan fingerprint density at radius 2 is 1.87 bits per heavy atom. The van der Waals surface area contributed by atoms with Gasteiger partial charge in [0.15, 0.2) is 15.9 Å². The van der Waals surface area contributed by atoms with Crippen molar-refractivity contribution in [2.24, 2.45) is 5.16 Å². The Labute approximate surface area is 221 Å². The van der Waals surface area contributed by atoms with Gasteiger partial charge in [0.25, 0.3) is 0 Å². The lowest BCUT2D eigenvalue weighted by Crippen LogP contribution is -2.27. The molecule has 3 heterocycles. The maximum absolute atomic E-state index is 12.8. The fraction of sp³-hybridized carbons (Fsp3) is 0.370. The number of nitrogens with one attached hydrogen (secondary N) is 1. The van der Waals surface area contributed by atoms with E-state index < -0.39 is 27.9 Å². The lowest BCUT2D eigenvalue weighted by atomic mass is 10.0. The summed E-state index contributed by atoms with van der Waals surface area (Å²) in [6, 6.07) is 14.3. The van der Waals surface area contributed by atoms with Crippen LogP contribution in [0.4, 0.5) is 10.2 Å². The van der Waals surface area contributed by atoms with Crippen molar-refractivity contribution in [2.45, 2.75) is 48.6 Å². The second-order valence-electron chi connectivity index (χ2n) is 9.55. The number of nitrogens with two attached hydrogens (primary N) is 1. The number of halogens is 1. The predicted molar refractivity (Wildman–Crippen MR) is 142 cm³/mol. The minimum absolute atomic E-state index is 0.191. The highest BCUT2D eigenvalue weighted by Gasteiger charge is 2.31. The average Bonchev–Trinajstić information content (AvgIpc) is 3.66. The number of hydrogen-bond acceptors (Lipinski definition) is 9. The van der Waals surface area contributed by atoms with Crippen molar-refractivity contribution in [1.29, 1.82) is 0 Å². The zero-order valence-electron chi connectivity index (χ0n) is 21.0. The van der Waals surface area contributed by atoms with Crippen molar-refractivity contribution in [3.05, 3.63) is 71.5 Å². The monoisotopic (exact) mass is 539 g/mol. The maximum atomic E-state index is 12.8. The van der Waals surface area contributed by atoms with E-state index in [2.05, 4.69) is 15.5 Å². The van der Waals surface area contributed by atoms with Crippen LogP contribution >= 0.6 is 0 Å². The van der Waals surface area contributed by atoms with Crippen LogP contribution in [0.1, 0.15) is 42.7 Å². The molecule has 11 heteroatoms. The van der Waals surface area contributed by atoms with Gasteiger partial charge in [0, 0.05) is 31.2 Å². The standard InChI is InChI=1S/C27H30FN5O4S/c1-17(13-28)30-14-18-2-4-19(5-3-18)23-12-25(37-33-23)26-27(29)31-15-24(32-26)20-6-8-21(9-7-20)38(34,35)22-10-11-36-16-22/h2-9,15,17,22,25,30H,10-14,16H2,1H3,(H2,29,31)/t17?,22-,25?/m1/s1. The molecule has 9 nitrogen and oxygen atoms in total. The molecule has 1 saturated heterocycles. The molecule has 0 radical (unpaired) electrons. The second kappa shape index (κ2) is 11.1. The molecule has 0 amide bonds.